The Kier molecular flexibility index (Phi) is 3.14. The molecule has 1 heterocycles. The Labute approximate surface area is 133 Å². The molecule has 2 aliphatic carbocycles. The van der Waals surface area contributed by atoms with Crippen LogP contribution in [0.4, 0.5) is 5.69 Å². The fourth-order valence-corrected chi connectivity index (χ4v) is 4.40. The molecule has 1 amide bonds. The van der Waals surface area contributed by atoms with E-state index in [4.69, 9.17) is 4.74 Å². The van der Waals surface area contributed by atoms with Crippen LogP contribution in [0.15, 0.2) is 24.3 Å². The zero-order valence-corrected chi connectivity index (χ0v) is 12.7. The number of nitrogens with one attached hydrogen (secondary N) is 1. The third-order valence-corrected chi connectivity index (χ3v) is 5.36. The number of ether oxygens (including phenoxy) is 2. The number of hydrogen-bond donors (Lipinski definition) is 1. The van der Waals surface area contributed by atoms with Crippen molar-refractivity contribution in [1.29, 1.82) is 0 Å². The van der Waals surface area contributed by atoms with E-state index in [0.717, 1.165) is 12.8 Å². The molecule has 0 unspecified atom stereocenters. The molecular formula is C17H17NO5. The fourth-order valence-electron chi connectivity index (χ4n) is 4.40. The standard InChI is InChI=1S/C17H17NO5/c1-22-16(20)8-2-4-10(5-3-8)18-15(19)13-9-6-11-12(7-9)23-17(21)14(11)13/h2-5,9,11-14H,6-7H2,1H3,(H,18,19)/t9-,11+,12-,13+,14+/m1/s1. The normalized spacial score (nSPS) is 33.4. The summed E-state index contributed by atoms with van der Waals surface area (Å²) in [4.78, 5) is 36.0. The molecule has 3 fully saturated rings. The first-order valence-corrected chi connectivity index (χ1v) is 7.78. The van der Waals surface area contributed by atoms with Gasteiger partial charge >= 0.3 is 11.9 Å². The second kappa shape index (κ2) is 5.08. The molecular weight excluding hydrogens is 298 g/mol. The van der Waals surface area contributed by atoms with E-state index in [0.29, 0.717) is 11.3 Å². The Hall–Kier alpha value is -2.37. The van der Waals surface area contributed by atoms with Gasteiger partial charge in [-0.25, -0.2) is 4.79 Å². The Morgan fingerprint density at radius 2 is 1.96 bits per heavy atom. The number of carbonyl (C=O) groups is 3. The maximum atomic E-state index is 12.6. The van der Waals surface area contributed by atoms with Gasteiger partial charge < -0.3 is 14.8 Å². The van der Waals surface area contributed by atoms with E-state index < -0.39 is 5.97 Å². The number of anilines is 1. The van der Waals surface area contributed by atoms with E-state index in [9.17, 15) is 14.4 Å². The highest BCUT2D eigenvalue weighted by atomic mass is 16.6. The smallest absolute Gasteiger partial charge is 0.337 e. The molecule has 1 saturated heterocycles. The monoisotopic (exact) mass is 315 g/mol. The quantitative estimate of drug-likeness (QED) is 0.857. The van der Waals surface area contributed by atoms with Gasteiger partial charge in [0.05, 0.1) is 24.5 Å². The Morgan fingerprint density at radius 3 is 2.65 bits per heavy atom. The summed E-state index contributed by atoms with van der Waals surface area (Å²) in [6.45, 7) is 0. The Bertz CT molecular complexity index is 681. The second-order valence-electron chi connectivity index (χ2n) is 6.48. The first-order chi connectivity index (χ1) is 11.1. The summed E-state index contributed by atoms with van der Waals surface area (Å²) >= 11 is 0. The molecule has 23 heavy (non-hydrogen) atoms. The van der Waals surface area contributed by atoms with Gasteiger partial charge in [0, 0.05) is 11.6 Å². The van der Waals surface area contributed by atoms with Crippen LogP contribution in [0.3, 0.4) is 0 Å². The fraction of sp³-hybridized carbons (Fsp3) is 0.471. The van der Waals surface area contributed by atoms with Crippen LogP contribution < -0.4 is 5.32 Å². The van der Waals surface area contributed by atoms with E-state index >= 15 is 0 Å². The maximum Gasteiger partial charge on any atom is 0.337 e. The first kappa shape index (κ1) is 14.2. The van der Waals surface area contributed by atoms with Crippen LogP contribution in [-0.2, 0) is 19.1 Å². The van der Waals surface area contributed by atoms with E-state index in [2.05, 4.69) is 10.1 Å². The summed E-state index contributed by atoms with van der Waals surface area (Å²) in [5.41, 5.74) is 1.03. The van der Waals surface area contributed by atoms with Crippen molar-refractivity contribution >= 4 is 23.5 Å². The van der Waals surface area contributed by atoms with Gasteiger partial charge in [-0.3, -0.25) is 9.59 Å². The molecule has 0 spiro atoms. The molecule has 3 aliphatic rings. The minimum absolute atomic E-state index is 0.0286. The van der Waals surface area contributed by atoms with Crippen LogP contribution in [0.2, 0.25) is 0 Å². The van der Waals surface area contributed by atoms with Gasteiger partial charge in [-0.05, 0) is 43.0 Å². The van der Waals surface area contributed by atoms with Gasteiger partial charge in [-0.1, -0.05) is 0 Å². The zero-order valence-electron chi connectivity index (χ0n) is 12.7. The second-order valence-corrected chi connectivity index (χ2v) is 6.48. The Balaban J connectivity index is 1.48. The Morgan fingerprint density at radius 1 is 1.22 bits per heavy atom. The molecule has 5 atom stereocenters. The van der Waals surface area contributed by atoms with Gasteiger partial charge in [0.15, 0.2) is 0 Å². The third kappa shape index (κ3) is 2.12. The van der Waals surface area contributed by atoms with Crippen molar-refractivity contribution in [2.75, 3.05) is 12.4 Å². The van der Waals surface area contributed by atoms with Crippen molar-refractivity contribution in [1.82, 2.24) is 0 Å². The SMILES string of the molecule is COC(=O)c1ccc(NC(=O)[C@H]2[C@@H]3C[C@@H]4[C@@H]2C(=O)O[C@@H]4C3)cc1. The highest BCUT2D eigenvalue weighted by Crippen LogP contribution is 2.57. The number of amides is 1. The molecule has 1 aromatic carbocycles. The molecule has 0 radical (unpaired) electrons. The average Bonchev–Trinajstić information content (AvgIpc) is 3.16. The van der Waals surface area contributed by atoms with Crippen LogP contribution in [0.25, 0.3) is 0 Å². The zero-order chi connectivity index (χ0) is 16.1. The lowest BCUT2D eigenvalue weighted by Crippen LogP contribution is -2.35. The van der Waals surface area contributed by atoms with Crippen LogP contribution in [0.1, 0.15) is 23.2 Å². The lowest BCUT2D eigenvalue weighted by atomic mass is 9.79. The van der Waals surface area contributed by atoms with Crippen LogP contribution in [0, 0.1) is 23.7 Å². The summed E-state index contributed by atoms with van der Waals surface area (Å²) in [5, 5.41) is 2.86. The summed E-state index contributed by atoms with van der Waals surface area (Å²) in [6.07, 6.45) is 1.73. The van der Waals surface area contributed by atoms with E-state index in [1.165, 1.54) is 7.11 Å². The molecule has 1 N–H and O–H groups in total. The number of methoxy groups -OCH3 is 1. The number of esters is 2. The van der Waals surface area contributed by atoms with Crippen LogP contribution >= 0.6 is 0 Å². The molecule has 6 heteroatoms. The molecule has 120 valence electrons. The summed E-state index contributed by atoms with van der Waals surface area (Å²) in [7, 11) is 1.32. The van der Waals surface area contributed by atoms with E-state index in [1.54, 1.807) is 24.3 Å². The van der Waals surface area contributed by atoms with Crippen molar-refractivity contribution in [3.63, 3.8) is 0 Å². The van der Waals surface area contributed by atoms with Crippen molar-refractivity contribution in [3.05, 3.63) is 29.8 Å². The highest BCUT2D eigenvalue weighted by molar-refractivity contribution is 5.97. The summed E-state index contributed by atoms with van der Waals surface area (Å²) < 4.78 is 9.99. The predicted octanol–water partition coefficient (Wildman–Crippen LogP) is 1.61. The van der Waals surface area contributed by atoms with E-state index in [-0.39, 0.29) is 41.7 Å². The topological polar surface area (TPSA) is 81.7 Å². The number of rotatable bonds is 3. The predicted molar refractivity (Wildman–Crippen MR) is 79.5 cm³/mol. The van der Waals surface area contributed by atoms with Crippen molar-refractivity contribution < 1.29 is 23.9 Å². The van der Waals surface area contributed by atoms with Gasteiger partial charge in [0.2, 0.25) is 5.91 Å². The van der Waals surface area contributed by atoms with Gasteiger partial charge in [0.25, 0.3) is 0 Å². The van der Waals surface area contributed by atoms with Gasteiger partial charge in [-0.2, -0.15) is 0 Å². The van der Waals surface area contributed by atoms with Crippen molar-refractivity contribution in [2.24, 2.45) is 23.7 Å². The van der Waals surface area contributed by atoms with Crippen molar-refractivity contribution in [3.8, 4) is 0 Å². The lowest BCUT2D eigenvalue weighted by molar-refractivity contribution is -0.145. The maximum absolute atomic E-state index is 12.6. The van der Waals surface area contributed by atoms with Crippen LogP contribution in [-0.4, -0.2) is 31.1 Å². The number of hydrogen-bond acceptors (Lipinski definition) is 5. The molecule has 4 rings (SSSR count). The number of benzene rings is 1. The lowest BCUT2D eigenvalue weighted by Gasteiger charge is -2.23. The van der Waals surface area contributed by atoms with Crippen LogP contribution in [0.5, 0.6) is 0 Å². The average molecular weight is 315 g/mol. The third-order valence-electron chi connectivity index (χ3n) is 5.36. The molecule has 1 aromatic rings. The van der Waals surface area contributed by atoms with Gasteiger partial charge in [0.1, 0.15) is 6.10 Å². The number of carbonyl (C=O) groups excluding carboxylic acids is 3. The van der Waals surface area contributed by atoms with Gasteiger partial charge in [-0.15, -0.1) is 0 Å². The first-order valence-electron chi connectivity index (χ1n) is 7.78. The van der Waals surface area contributed by atoms with E-state index in [1.807, 2.05) is 0 Å². The molecule has 6 nitrogen and oxygen atoms in total. The summed E-state index contributed by atoms with van der Waals surface area (Å²) in [6, 6.07) is 6.52. The minimum atomic E-state index is -0.421. The largest absolute Gasteiger partial charge is 0.465 e. The molecule has 2 bridgehead atoms. The molecule has 0 aromatic heterocycles. The molecule has 2 saturated carbocycles. The van der Waals surface area contributed by atoms with Crippen molar-refractivity contribution in [2.45, 2.75) is 18.9 Å². The number of fused-ring (bicyclic) bond motifs is 1. The highest BCUT2D eigenvalue weighted by Gasteiger charge is 2.63. The summed E-state index contributed by atoms with van der Waals surface area (Å²) in [5.74, 6) is -0.914. The molecule has 1 aliphatic heterocycles. The minimum Gasteiger partial charge on any atom is -0.465 e.